The van der Waals surface area contributed by atoms with Crippen molar-refractivity contribution in [1.29, 1.82) is 0 Å². The van der Waals surface area contributed by atoms with Crippen molar-refractivity contribution >= 4 is 22.4 Å². The second-order valence-corrected chi connectivity index (χ2v) is 6.08. The molecule has 0 spiro atoms. The van der Waals surface area contributed by atoms with Crippen LogP contribution in [0.5, 0.6) is 0 Å². The van der Waals surface area contributed by atoms with E-state index in [0.29, 0.717) is 11.0 Å². The first-order chi connectivity index (χ1) is 10.8. The Hall–Kier alpha value is -2.54. The van der Waals surface area contributed by atoms with E-state index < -0.39 is 0 Å². The van der Waals surface area contributed by atoms with Gasteiger partial charge in [0, 0.05) is 11.5 Å². The highest BCUT2D eigenvalue weighted by Gasteiger charge is 2.30. The molecular weight excluding hydrogens is 300 g/mol. The molecule has 0 radical (unpaired) electrons. The van der Waals surface area contributed by atoms with Crippen molar-refractivity contribution in [2.24, 2.45) is 5.92 Å². The second kappa shape index (κ2) is 5.34. The molecule has 22 heavy (non-hydrogen) atoms. The highest BCUT2D eigenvalue weighted by Crippen LogP contribution is 2.38. The number of amides is 1. The molecule has 0 unspecified atom stereocenters. The molecule has 1 aliphatic carbocycles. The largest absolute Gasteiger partial charge is 0.342 e. The zero-order chi connectivity index (χ0) is 14.9. The number of carbonyl (C=O) groups is 1. The van der Waals surface area contributed by atoms with Crippen LogP contribution < -0.4 is 5.32 Å². The molecule has 1 saturated carbocycles. The molecule has 0 aliphatic heterocycles. The first kappa shape index (κ1) is 13.1. The number of rotatable bonds is 4. The fourth-order valence-electron chi connectivity index (χ4n) is 2.14. The SMILES string of the molecule is O=C(Nc1nc(-c2ccccc2)c(-c2ncon2)s1)C1CC1. The van der Waals surface area contributed by atoms with Crippen LogP contribution in [0, 0.1) is 5.92 Å². The predicted octanol–water partition coefficient (Wildman–Crippen LogP) is 3.21. The van der Waals surface area contributed by atoms with Gasteiger partial charge in [0.1, 0.15) is 4.88 Å². The molecule has 1 N–H and O–H groups in total. The molecule has 1 aliphatic rings. The maximum atomic E-state index is 11.9. The van der Waals surface area contributed by atoms with Crippen LogP contribution in [-0.2, 0) is 4.79 Å². The van der Waals surface area contributed by atoms with Crippen molar-refractivity contribution in [1.82, 2.24) is 15.1 Å². The van der Waals surface area contributed by atoms with Crippen molar-refractivity contribution < 1.29 is 9.32 Å². The van der Waals surface area contributed by atoms with Gasteiger partial charge in [-0.25, -0.2) is 4.98 Å². The fourth-order valence-corrected chi connectivity index (χ4v) is 3.06. The Morgan fingerprint density at radius 2 is 2.09 bits per heavy atom. The maximum absolute atomic E-state index is 11.9. The minimum atomic E-state index is 0.0352. The molecule has 1 aromatic carbocycles. The number of aromatic nitrogens is 3. The van der Waals surface area contributed by atoms with Crippen LogP contribution in [0.1, 0.15) is 12.8 Å². The summed E-state index contributed by atoms with van der Waals surface area (Å²) in [5, 5.41) is 7.33. The zero-order valence-electron chi connectivity index (χ0n) is 11.5. The lowest BCUT2D eigenvalue weighted by molar-refractivity contribution is -0.117. The van der Waals surface area contributed by atoms with Gasteiger partial charge in [0.05, 0.1) is 5.69 Å². The molecule has 0 bridgehead atoms. The maximum Gasteiger partial charge on any atom is 0.229 e. The highest BCUT2D eigenvalue weighted by atomic mass is 32.1. The normalized spacial score (nSPS) is 14.0. The molecule has 3 aromatic rings. The van der Waals surface area contributed by atoms with Gasteiger partial charge in [-0.2, -0.15) is 4.98 Å². The summed E-state index contributed by atoms with van der Waals surface area (Å²) >= 11 is 1.36. The van der Waals surface area contributed by atoms with Gasteiger partial charge < -0.3 is 9.84 Å². The third-order valence-electron chi connectivity index (χ3n) is 3.42. The summed E-state index contributed by atoms with van der Waals surface area (Å²) in [5.74, 6) is 0.647. The number of nitrogens with one attached hydrogen (secondary N) is 1. The molecule has 110 valence electrons. The molecule has 0 atom stereocenters. The van der Waals surface area contributed by atoms with E-state index in [1.54, 1.807) is 0 Å². The quantitative estimate of drug-likeness (QED) is 0.800. The molecular formula is C15H12N4O2S. The van der Waals surface area contributed by atoms with Crippen molar-refractivity contribution in [2.45, 2.75) is 12.8 Å². The zero-order valence-corrected chi connectivity index (χ0v) is 12.3. The Balaban J connectivity index is 1.74. The molecule has 2 aromatic heterocycles. The first-order valence-electron chi connectivity index (χ1n) is 6.95. The van der Waals surface area contributed by atoms with E-state index in [1.165, 1.54) is 17.7 Å². The van der Waals surface area contributed by atoms with Gasteiger partial charge in [-0.1, -0.05) is 46.8 Å². The lowest BCUT2D eigenvalue weighted by Crippen LogP contribution is -2.12. The Labute approximate surface area is 130 Å². The van der Waals surface area contributed by atoms with E-state index in [9.17, 15) is 4.79 Å². The first-order valence-corrected chi connectivity index (χ1v) is 7.77. The molecule has 1 fully saturated rings. The third-order valence-corrected chi connectivity index (χ3v) is 4.38. The van der Waals surface area contributed by atoms with Crippen LogP contribution in [0.15, 0.2) is 41.2 Å². The summed E-state index contributed by atoms with van der Waals surface area (Å²) in [5.41, 5.74) is 1.70. The van der Waals surface area contributed by atoms with Gasteiger partial charge in [-0.05, 0) is 12.8 Å². The minimum absolute atomic E-state index is 0.0352. The number of thiazole rings is 1. The standard InChI is InChI=1S/C15H12N4O2S/c20-14(10-6-7-10)18-15-17-11(9-4-2-1-3-5-9)12(22-15)13-16-8-21-19-13/h1-5,8,10H,6-7H2,(H,17,18,20). The van der Waals surface area contributed by atoms with Crippen LogP contribution in [0.3, 0.4) is 0 Å². The van der Waals surface area contributed by atoms with Gasteiger partial charge >= 0.3 is 0 Å². The highest BCUT2D eigenvalue weighted by molar-refractivity contribution is 7.19. The molecule has 6 nitrogen and oxygen atoms in total. The number of hydrogen-bond donors (Lipinski definition) is 1. The van der Waals surface area contributed by atoms with Gasteiger partial charge in [-0.3, -0.25) is 4.79 Å². The average Bonchev–Trinajstić information content (AvgIpc) is 3.10. The minimum Gasteiger partial charge on any atom is -0.342 e. The van der Waals surface area contributed by atoms with Gasteiger partial charge in [0.15, 0.2) is 5.13 Å². The summed E-state index contributed by atoms with van der Waals surface area (Å²) in [7, 11) is 0. The van der Waals surface area contributed by atoms with Gasteiger partial charge in [-0.15, -0.1) is 0 Å². The van der Waals surface area contributed by atoms with Crippen molar-refractivity contribution in [3.8, 4) is 22.0 Å². The van der Waals surface area contributed by atoms with Crippen LogP contribution in [-0.4, -0.2) is 21.0 Å². The van der Waals surface area contributed by atoms with E-state index in [2.05, 4.69) is 20.4 Å². The molecule has 0 saturated heterocycles. The van der Waals surface area contributed by atoms with Gasteiger partial charge in [0.25, 0.3) is 0 Å². The predicted molar refractivity (Wildman–Crippen MR) is 82.2 cm³/mol. The van der Waals surface area contributed by atoms with Gasteiger partial charge in [0.2, 0.25) is 18.1 Å². The Morgan fingerprint density at radius 1 is 1.27 bits per heavy atom. The Bertz CT molecular complexity index is 794. The molecule has 2 heterocycles. The van der Waals surface area contributed by atoms with Crippen LogP contribution in [0.25, 0.3) is 22.0 Å². The number of nitrogens with zero attached hydrogens (tertiary/aromatic N) is 3. The van der Waals surface area contributed by atoms with Crippen LogP contribution in [0.2, 0.25) is 0 Å². The monoisotopic (exact) mass is 312 g/mol. The van der Waals surface area contributed by atoms with E-state index in [0.717, 1.165) is 29.0 Å². The van der Waals surface area contributed by atoms with Crippen molar-refractivity contribution in [3.63, 3.8) is 0 Å². The average molecular weight is 312 g/mol. The fraction of sp³-hybridized carbons (Fsp3) is 0.200. The Morgan fingerprint density at radius 3 is 2.77 bits per heavy atom. The number of carbonyl (C=O) groups excluding carboxylic acids is 1. The summed E-state index contributed by atoms with van der Waals surface area (Å²) in [6.45, 7) is 0. The molecule has 7 heteroatoms. The number of anilines is 1. The van der Waals surface area contributed by atoms with E-state index in [-0.39, 0.29) is 11.8 Å². The lowest BCUT2D eigenvalue weighted by Gasteiger charge is -1.98. The van der Waals surface area contributed by atoms with E-state index in [1.807, 2.05) is 30.3 Å². The Kier molecular flexibility index (Phi) is 3.19. The number of hydrogen-bond acceptors (Lipinski definition) is 6. The second-order valence-electron chi connectivity index (χ2n) is 5.08. The summed E-state index contributed by atoms with van der Waals surface area (Å²) < 4.78 is 4.83. The number of benzene rings is 1. The van der Waals surface area contributed by atoms with Crippen LogP contribution >= 0.6 is 11.3 Å². The summed E-state index contributed by atoms with van der Waals surface area (Å²) in [6, 6.07) is 9.75. The topological polar surface area (TPSA) is 80.9 Å². The lowest BCUT2D eigenvalue weighted by atomic mass is 10.1. The molecule has 4 rings (SSSR count). The molecule has 1 amide bonds. The van der Waals surface area contributed by atoms with Crippen molar-refractivity contribution in [3.05, 3.63) is 36.7 Å². The summed E-state index contributed by atoms with van der Waals surface area (Å²) in [4.78, 5) is 21.4. The summed E-state index contributed by atoms with van der Waals surface area (Å²) in [6.07, 6.45) is 3.20. The van der Waals surface area contributed by atoms with Crippen molar-refractivity contribution in [2.75, 3.05) is 5.32 Å². The van der Waals surface area contributed by atoms with E-state index >= 15 is 0 Å². The third kappa shape index (κ3) is 2.50. The van der Waals surface area contributed by atoms with Crippen LogP contribution in [0.4, 0.5) is 5.13 Å². The van der Waals surface area contributed by atoms with E-state index in [4.69, 9.17) is 4.52 Å². The smallest absolute Gasteiger partial charge is 0.229 e.